The SMILES string of the molecule is Cc1ccc(C(=O)Nc2ccc(CCl)c(C(F)(F)F)c2)cc1C#Cc1cnc(/C=C\C=N)[nH]1. The van der Waals surface area contributed by atoms with Crippen molar-refractivity contribution in [2.24, 2.45) is 0 Å². The first-order valence-corrected chi connectivity index (χ1v) is 10.2. The van der Waals surface area contributed by atoms with E-state index in [1.54, 1.807) is 30.5 Å². The van der Waals surface area contributed by atoms with Crippen LogP contribution in [0.15, 0.2) is 48.7 Å². The van der Waals surface area contributed by atoms with Crippen LogP contribution >= 0.6 is 11.6 Å². The monoisotopic (exact) mass is 470 g/mol. The zero-order valence-electron chi connectivity index (χ0n) is 17.3. The molecule has 3 aromatic rings. The van der Waals surface area contributed by atoms with Crippen molar-refractivity contribution in [3.05, 3.63) is 88.0 Å². The Morgan fingerprint density at radius 1 is 1.24 bits per heavy atom. The zero-order valence-corrected chi connectivity index (χ0v) is 18.1. The molecule has 0 bridgehead atoms. The molecule has 9 heteroatoms. The van der Waals surface area contributed by atoms with Crippen LogP contribution in [0.25, 0.3) is 6.08 Å². The van der Waals surface area contributed by atoms with Gasteiger partial charge in [-0.05, 0) is 60.4 Å². The summed E-state index contributed by atoms with van der Waals surface area (Å²) in [5.74, 6) is 5.58. The van der Waals surface area contributed by atoms with Crippen LogP contribution in [0.1, 0.15) is 44.1 Å². The van der Waals surface area contributed by atoms with Gasteiger partial charge in [0.15, 0.2) is 0 Å². The summed E-state index contributed by atoms with van der Waals surface area (Å²) in [5, 5.41) is 9.48. The molecule has 0 aliphatic rings. The van der Waals surface area contributed by atoms with E-state index < -0.39 is 17.6 Å². The molecule has 0 aliphatic carbocycles. The molecule has 0 radical (unpaired) electrons. The van der Waals surface area contributed by atoms with Crippen LogP contribution in [0.4, 0.5) is 18.9 Å². The van der Waals surface area contributed by atoms with Gasteiger partial charge in [0, 0.05) is 28.9 Å². The third-order valence-corrected chi connectivity index (χ3v) is 4.88. The highest BCUT2D eigenvalue weighted by molar-refractivity contribution is 6.17. The number of hydrogen-bond donors (Lipinski definition) is 3. The lowest BCUT2D eigenvalue weighted by Crippen LogP contribution is -2.14. The number of carbonyl (C=O) groups excluding carboxylic acids is 1. The van der Waals surface area contributed by atoms with E-state index in [1.165, 1.54) is 18.2 Å². The van der Waals surface area contributed by atoms with E-state index in [4.69, 9.17) is 17.0 Å². The second-order valence-corrected chi connectivity index (χ2v) is 7.21. The van der Waals surface area contributed by atoms with Crippen molar-refractivity contribution >= 4 is 35.5 Å². The van der Waals surface area contributed by atoms with Crippen molar-refractivity contribution in [3.8, 4) is 11.8 Å². The summed E-state index contributed by atoms with van der Waals surface area (Å²) in [5.41, 5.74) is 1.27. The molecule has 0 atom stereocenters. The summed E-state index contributed by atoms with van der Waals surface area (Å²) in [6.45, 7) is 1.83. The second-order valence-electron chi connectivity index (χ2n) is 6.95. The Kier molecular flexibility index (Phi) is 7.36. The molecular formula is C24H18ClF3N4O. The molecule has 1 aromatic heterocycles. The van der Waals surface area contributed by atoms with E-state index >= 15 is 0 Å². The van der Waals surface area contributed by atoms with Crippen LogP contribution in [0.2, 0.25) is 0 Å². The third kappa shape index (κ3) is 6.11. The number of alkyl halides is 4. The van der Waals surface area contributed by atoms with Crippen molar-refractivity contribution in [2.75, 3.05) is 5.32 Å². The maximum absolute atomic E-state index is 13.3. The number of benzene rings is 2. The van der Waals surface area contributed by atoms with Gasteiger partial charge in [-0.3, -0.25) is 4.79 Å². The van der Waals surface area contributed by atoms with Crippen LogP contribution in [0, 0.1) is 24.2 Å². The van der Waals surface area contributed by atoms with Gasteiger partial charge in [-0.2, -0.15) is 13.2 Å². The first-order chi connectivity index (χ1) is 15.7. The molecular weight excluding hydrogens is 453 g/mol. The van der Waals surface area contributed by atoms with Crippen molar-refractivity contribution < 1.29 is 18.0 Å². The van der Waals surface area contributed by atoms with Gasteiger partial charge in [-0.1, -0.05) is 18.1 Å². The van der Waals surface area contributed by atoms with E-state index in [0.717, 1.165) is 17.8 Å². The summed E-state index contributed by atoms with van der Waals surface area (Å²) in [7, 11) is 0. The molecule has 2 aromatic carbocycles. The molecule has 168 valence electrons. The Hall–Kier alpha value is -3.83. The fourth-order valence-electron chi connectivity index (χ4n) is 2.89. The summed E-state index contributed by atoms with van der Waals surface area (Å²) >= 11 is 5.60. The van der Waals surface area contributed by atoms with Gasteiger partial charge in [0.1, 0.15) is 11.5 Å². The molecule has 0 spiro atoms. The van der Waals surface area contributed by atoms with Gasteiger partial charge in [0.25, 0.3) is 5.91 Å². The standard InChI is InChI=1S/C24H18ClF3N4O/c1-15-4-5-17(11-16(15)6-9-20-14-30-22(31-20)3-2-10-29)23(33)32-19-8-7-18(13-25)21(12-19)24(26,27)28/h2-5,7-8,10-12,14,29H,13H2,1H3,(H,30,31)(H,32,33)/b3-2-,29-10?. The molecule has 3 N–H and O–H groups in total. The zero-order chi connectivity index (χ0) is 24.0. The number of rotatable bonds is 5. The normalized spacial score (nSPS) is 11.2. The van der Waals surface area contributed by atoms with E-state index in [9.17, 15) is 18.0 Å². The number of aryl methyl sites for hydroxylation is 1. The molecule has 33 heavy (non-hydrogen) atoms. The summed E-state index contributed by atoms with van der Waals surface area (Å²) < 4.78 is 39.8. The predicted molar refractivity (Wildman–Crippen MR) is 123 cm³/mol. The number of halogens is 4. The number of carbonyl (C=O) groups is 1. The number of nitrogens with one attached hydrogen (secondary N) is 3. The molecule has 1 heterocycles. The summed E-state index contributed by atoms with van der Waals surface area (Å²) in [4.78, 5) is 19.8. The Morgan fingerprint density at radius 3 is 2.73 bits per heavy atom. The van der Waals surface area contributed by atoms with Crippen molar-refractivity contribution in [3.63, 3.8) is 0 Å². The van der Waals surface area contributed by atoms with Gasteiger partial charge >= 0.3 is 6.18 Å². The second kappa shape index (κ2) is 10.2. The number of amides is 1. The number of aromatic nitrogens is 2. The highest BCUT2D eigenvalue weighted by Gasteiger charge is 2.33. The third-order valence-electron chi connectivity index (χ3n) is 4.59. The number of H-pyrrole nitrogens is 1. The first kappa shape index (κ1) is 23.8. The molecule has 5 nitrogen and oxygen atoms in total. The lowest BCUT2D eigenvalue weighted by atomic mass is 10.0. The number of imidazole rings is 1. The highest BCUT2D eigenvalue weighted by Crippen LogP contribution is 2.34. The molecule has 0 saturated heterocycles. The van der Waals surface area contributed by atoms with E-state index in [-0.39, 0.29) is 22.7 Å². The maximum atomic E-state index is 13.3. The Labute approximate surface area is 193 Å². The first-order valence-electron chi connectivity index (χ1n) is 9.63. The van der Waals surface area contributed by atoms with Gasteiger partial charge in [-0.25, -0.2) is 4.98 Å². The van der Waals surface area contributed by atoms with Crippen LogP contribution < -0.4 is 5.32 Å². The topological polar surface area (TPSA) is 81.6 Å². The van der Waals surface area contributed by atoms with Crippen molar-refractivity contribution in [1.82, 2.24) is 9.97 Å². The van der Waals surface area contributed by atoms with E-state index in [0.29, 0.717) is 17.1 Å². The summed E-state index contributed by atoms with van der Waals surface area (Å²) in [6.07, 6.45) is 1.23. The van der Waals surface area contributed by atoms with E-state index in [1.807, 2.05) is 6.92 Å². The largest absolute Gasteiger partial charge is 0.416 e. The molecule has 1 amide bonds. The minimum Gasteiger partial charge on any atom is -0.332 e. The fraction of sp³-hybridized carbons (Fsp3) is 0.125. The fourth-order valence-corrected chi connectivity index (χ4v) is 3.13. The quantitative estimate of drug-likeness (QED) is 0.250. The number of hydrogen-bond acceptors (Lipinski definition) is 3. The molecule has 3 rings (SSSR count). The predicted octanol–water partition coefficient (Wildman–Crippen LogP) is 5.79. The highest BCUT2D eigenvalue weighted by atomic mass is 35.5. The smallest absolute Gasteiger partial charge is 0.332 e. The van der Waals surface area contributed by atoms with Gasteiger partial charge in [0.2, 0.25) is 0 Å². The number of allylic oxidation sites excluding steroid dienone is 1. The molecule has 0 unspecified atom stereocenters. The summed E-state index contributed by atoms with van der Waals surface area (Å²) in [6, 6.07) is 8.34. The Morgan fingerprint density at radius 2 is 2.03 bits per heavy atom. The molecule has 0 aliphatic heterocycles. The Bertz CT molecular complexity index is 1280. The Balaban J connectivity index is 1.82. The number of anilines is 1. The maximum Gasteiger partial charge on any atom is 0.416 e. The number of nitrogens with zero attached hydrogens (tertiary/aromatic N) is 1. The van der Waals surface area contributed by atoms with Crippen molar-refractivity contribution in [1.29, 1.82) is 5.41 Å². The minimum atomic E-state index is -4.58. The minimum absolute atomic E-state index is 0.0115. The van der Waals surface area contributed by atoms with Gasteiger partial charge in [-0.15, -0.1) is 11.6 Å². The van der Waals surface area contributed by atoms with Crippen LogP contribution in [-0.2, 0) is 12.1 Å². The van der Waals surface area contributed by atoms with E-state index in [2.05, 4.69) is 27.1 Å². The lowest BCUT2D eigenvalue weighted by molar-refractivity contribution is -0.138. The van der Waals surface area contributed by atoms with Crippen molar-refractivity contribution in [2.45, 2.75) is 19.0 Å². The number of aromatic amines is 1. The van der Waals surface area contributed by atoms with Crippen LogP contribution in [0.3, 0.4) is 0 Å². The van der Waals surface area contributed by atoms with Gasteiger partial charge < -0.3 is 15.7 Å². The van der Waals surface area contributed by atoms with Crippen LogP contribution in [0.5, 0.6) is 0 Å². The molecule has 0 saturated carbocycles. The lowest BCUT2D eigenvalue weighted by Gasteiger charge is -2.14. The van der Waals surface area contributed by atoms with Gasteiger partial charge in [0.05, 0.1) is 11.8 Å². The van der Waals surface area contributed by atoms with Crippen LogP contribution in [-0.4, -0.2) is 22.1 Å². The average Bonchev–Trinajstić information content (AvgIpc) is 3.24. The average molecular weight is 471 g/mol. The molecule has 0 fully saturated rings.